The molecule has 84 valence electrons. The summed E-state index contributed by atoms with van der Waals surface area (Å²) >= 11 is 1.54. The highest BCUT2D eigenvalue weighted by Gasteiger charge is 2.11. The van der Waals surface area contributed by atoms with Crippen LogP contribution in [0.15, 0.2) is 5.38 Å². The van der Waals surface area contributed by atoms with E-state index in [9.17, 15) is 0 Å². The maximum atomic E-state index is 5.87. The van der Waals surface area contributed by atoms with Crippen LogP contribution in [0.4, 0.5) is 5.82 Å². The number of aromatic nitrogens is 3. The van der Waals surface area contributed by atoms with Crippen molar-refractivity contribution >= 4 is 17.2 Å². The number of thiazole rings is 1. The first-order valence-corrected chi connectivity index (χ1v) is 6.05. The summed E-state index contributed by atoms with van der Waals surface area (Å²) in [5, 5.41) is 2.82. The molecule has 5 heteroatoms. The molecule has 0 radical (unpaired) electrons. The lowest BCUT2D eigenvalue weighted by Gasteiger charge is -2.06. The molecule has 4 nitrogen and oxygen atoms in total. The van der Waals surface area contributed by atoms with Crippen molar-refractivity contribution in [3.8, 4) is 10.8 Å². The summed E-state index contributed by atoms with van der Waals surface area (Å²) in [4.78, 5) is 13.1. The third kappa shape index (κ3) is 1.90. The second-order valence-corrected chi connectivity index (χ2v) is 4.51. The number of nitrogen functional groups attached to an aromatic ring is 1. The largest absolute Gasteiger partial charge is 0.383 e. The molecule has 2 aromatic rings. The van der Waals surface area contributed by atoms with E-state index < -0.39 is 0 Å². The van der Waals surface area contributed by atoms with Crippen LogP contribution in [0, 0.1) is 13.8 Å². The summed E-state index contributed by atoms with van der Waals surface area (Å²) < 4.78 is 0. The Balaban J connectivity index is 2.54. The van der Waals surface area contributed by atoms with Crippen molar-refractivity contribution in [3.05, 3.63) is 22.3 Å². The molecule has 0 aliphatic rings. The van der Waals surface area contributed by atoms with Crippen LogP contribution < -0.4 is 5.73 Å². The van der Waals surface area contributed by atoms with Gasteiger partial charge in [-0.15, -0.1) is 11.3 Å². The molecule has 0 saturated heterocycles. The van der Waals surface area contributed by atoms with E-state index in [1.807, 2.05) is 19.2 Å². The second-order valence-electron chi connectivity index (χ2n) is 3.65. The minimum Gasteiger partial charge on any atom is -0.383 e. The molecule has 0 spiro atoms. The Hall–Kier alpha value is -1.49. The van der Waals surface area contributed by atoms with Gasteiger partial charge in [-0.1, -0.05) is 6.92 Å². The molecule has 2 heterocycles. The smallest absolute Gasteiger partial charge is 0.190 e. The SMILES string of the molecule is CCc1nc(-c2nc(C)cs2)nc(N)c1C. The molecule has 0 aliphatic carbocycles. The zero-order chi connectivity index (χ0) is 11.7. The van der Waals surface area contributed by atoms with Gasteiger partial charge in [0.15, 0.2) is 10.8 Å². The first kappa shape index (κ1) is 11.0. The molecule has 0 aliphatic heterocycles. The van der Waals surface area contributed by atoms with E-state index in [1.165, 1.54) is 0 Å². The number of hydrogen-bond donors (Lipinski definition) is 1. The molecule has 0 fully saturated rings. The molecule has 2 rings (SSSR count). The Morgan fingerprint density at radius 1 is 1.25 bits per heavy atom. The second kappa shape index (κ2) is 4.17. The van der Waals surface area contributed by atoms with Gasteiger partial charge in [-0.25, -0.2) is 15.0 Å². The first-order chi connectivity index (χ1) is 7.61. The van der Waals surface area contributed by atoms with Crippen molar-refractivity contribution in [2.75, 3.05) is 5.73 Å². The Labute approximate surface area is 98.6 Å². The molecule has 0 amide bonds. The molecule has 2 N–H and O–H groups in total. The molecular formula is C11H14N4S. The molecule has 0 atom stereocenters. The summed E-state index contributed by atoms with van der Waals surface area (Å²) in [6.07, 6.45) is 0.857. The highest BCUT2D eigenvalue weighted by Crippen LogP contribution is 2.23. The Kier molecular flexibility index (Phi) is 2.87. The van der Waals surface area contributed by atoms with E-state index in [0.29, 0.717) is 11.6 Å². The van der Waals surface area contributed by atoms with Gasteiger partial charge in [0.25, 0.3) is 0 Å². The minimum atomic E-state index is 0.551. The van der Waals surface area contributed by atoms with E-state index in [2.05, 4.69) is 21.9 Å². The summed E-state index contributed by atoms with van der Waals surface area (Å²) in [6.45, 7) is 5.97. The van der Waals surface area contributed by atoms with Crippen LogP contribution in [-0.4, -0.2) is 15.0 Å². The predicted molar refractivity (Wildman–Crippen MR) is 66.4 cm³/mol. The van der Waals surface area contributed by atoms with Crippen LogP contribution in [-0.2, 0) is 6.42 Å². The van der Waals surface area contributed by atoms with Gasteiger partial charge < -0.3 is 5.73 Å². The average Bonchev–Trinajstić information content (AvgIpc) is 2.69. The van der Waals surface area contributed by atoms with Crippen molar-refractivity contribution in [1.82, 2.24) is 15.0 Å². The van der Waals surface area contributed by atoms with E-state index in [-0.39, 0.29) is 0 Å². The zero-order valence-electron chi connectivity index (χ0n) is 9.61. The summed E-state index contributed by atoms with van der Waals surface area (Å²) in [5.41, 5.74) is 8.82. The standard InChI is InChI=1S/C11H14N4S/c1-4-8-7(3)9(12)15-10(14-8)11-13-6(2)5-16-11/h5H,4H2,1-3H3,(H2,12,14,15). The molecule has 0 saturated carbocycles. The normalized spacial score (nSPS) is 10.7. The van der Waals surface area contributed by atoms with Crippen LogP contribution in [0.5, 0.6) is 0 Å². The quantitative estimate of drug-likeness (QED) is 0.866. The fraction of sp³-hybridized carbons (Fsp3) is 0.364. The molecule has 0 bridgehead atoms. The van der Waals surface area contributed by atoms with Crippen molar-refractivity contribution in [2.45, 2.75) is 27.2 Å². The van der Waals surface area contributed by atoms with Gasteiger partial charge in [-0.2, -0.15) is 0 Å². The van der Waals surface area contributed by atoms with E-state index >= 15 is 0 Å². The van der Waals surface area contributed by atoms with Gasteiger partial charge in [0.2, 0.25) is 0 Å². The lowest BCUT2D eigenvalue weighted by atomic mass is 10.2. The summed E-state index contributed by atoms with van der Waals surface area (Å²) in [6, 6.07) is 0. The van der Waals surface area contributed by atoms with Crippen LogP contribution in [0.2, 0.25) is 0 Å². The third-order valence-electron chi connectivity index (χ3n) is 2.43. The minimum absolute atomic E-state index is 0.551. The van der Waals surface area contributed by atoms with E-state index in [0.717, 1.165) is 28.4 Å². The monoisotopic (exact) mass is 234 g/mol. The maximum absolute atomic E-state index is 5.87. The zero-order valence-corrected chi connectivity index (χ0v) is 10.4. The van der Waals surface area contributed by atoms with Gasteiger partial charge in [-0.05, 0) is 20.3 Å². The van der Waals surface area contributed by atoms with Crippen LogP contribution >= 0.6 is 11.3 Å². The Morgan fingerprint density at radius 2 is 2.00 bits per heavy atom. The van der Waals surface area contributed by atoms with Crippen LogP contribution in [0.25, 0.3) is 10.8 Å². The number of hydrogen-bond acceptors (Lipinski definition) is 5. The fourth-order valence-electron chi connectivity index (χ4n) is 1.48. The van der Waals surface area contributed by atoms with Crippen molar-refractivity contribution in [2.24, 2.45) is 0 Å². The number of aryl methyl sites for hydroxylation is 2. The number of anilines is 1. The first-order valence-electron chi connectivity index (χ1n) is 5.17. The highest BCUT2D eigenvalue weighted by molar-refractivity contribution is 7.13. The van der Waals surface area contributed by atoms with Gasteiger partial charge in [-0.3, -0.25) is 0 Å². The maximum Gasteiger partial charge on any atom is 0.190 e. The van der Waals surface area contributed by atoms with Crippen molar-refractivity contribution in [1.29, 1.82) is 0 Å². The Morgan fingerprint density at radius 3 is 2.56 bits per heavy atom. The van der Waals surface area contributed by atoms with E-state index in [4.69, 9.17) is 5.73 Å². The van der Waals surface area contributed by atoms with Gasteiger partial charge in [0.1, 0.15) is 5.82 Å². The van der Waals surface area contributed by atoms with Gasteiger partial charge in [0.05, 0.1) is 0 Å². The van der Waals surface area contributed by atoms with Crippen LogP contribution in [0.1, 0.15) is 23.9 Å². The average molecular weight is 234 g/mol. The van der Waals surface area contributed by atoms with Gasteiger partial charge in [0, 0.05) is 22.3 Å². The third-order valence-corrected chi connectivity index (χ3v) is 3.39. The molecule has 0 aromatic carbocycles. The molecule has 2 aromatic heterocycles. The van der Waals surface area contributed by atoms with Gasteiger partial charge >= 0.3 is 0 Å². The number of rotatable bonds is 2. The molecule has 16 heavy (non-hydrogen) atoms. The summed E-state index contributed by atoms with van der Waals surface area (Å²) in [5.74, 6) is 1.19. The lowest BCUT2D eigenvalue weighted by molar-refractivity contribution is 0.979. The van der Waals surface area contributed by atoms with Crippen LogP contribution in [0.3, 0.4) is 0 Å². The summed E-state index contributed by atoms with van der Waals surface area (Å²) in [7, 11) is 0. The van der Waals surface area contributed by atoms with E-state index in [1.54, 1.807) is 11.3 Å². The predicted octanol–water partition coefficient (Wildman–Crippen LogP) is 2.36. The molecule has 0 unspecified atom stereocenters. The number of nitrogens with zero attached hydrogens (tertiary/aromatic N) is 3. The topological polar surface area (TPSA) is 64.7 Å². The highest BCUT2D eigenvalue weighted by atomic mass is 32.1. The fourth-order valence-corrected chi connectivity index (χ4v) is 2.21. The number of nitrogens with two attached hydrogens (primary N) is 1. The van der Waals surface area contributed by atoms with Crippen molar-refractivity contribution < 1.29 is 0 Å². The molecular weight excluding hydrogens is 220 g/mol. The Bertz CT molecular complexity index is 519. The van der Waals surface area contributed by atoms with Crippen molar-refractivity contribution in [3.63, 3.8) is 0 Å². The lowest BCUT2D eigenvalue weighted by Crippen LogP contribution is -2.04.